The number of hydrogen-bond donors (Lipinski definition) is 1. The normalized spacial score (nSPS) is 19.7. The number of rotatable bonds is 9. The summed E-state index contributed by atoms with van der Waals surface area (Å²) in [5.41, 5.74) is 3.86. The molecule has 0 saturated heterocycles. The van der Waals surface area contributed by atoms with Gasteiger partial charge in [-0.15, -0.1) is 0 Å². The highest BCUT2D eigenvalue weighted by Gasteiger charge is 2.39. The first-order valence-corrected chi connectivity index (χ1v) is 15.9. The van der Waals surface area contributed by atoms with Crippen LogP contribution in [0.4, 0.5) is 22.7 Å². The van der Waals surface area contributed by atoms with Gasteiger partial charge >= 0.3 is 0 Å². The SMILES string of the molecule is CCN1C(=C/C=C/C2N(CCC(C)S(=O)(=O)[O-])c3cc(Cl)c(Cl)cc3[NH+]2CC)N(CC)c2cc(Cl)c(Cl)cc21. The molecule has 3 atom stereocenters. The molecule has 3 unspecified atom stereocenters. The van der Waals surface area contributed by atoms with E-state index in [1.807, 2.05) is 30.3 Å². The molecular weight excluding hydrogens is 602 g/mol. The van der Waals surface area contributed by atoms with E-state index < -0.39 is 15.4 Å². The number of halogens is 4. The highest BCUT2D eigenvalue weighted by Crippen LogP contribution is 2.45. The second-order valence-corrected chi connectivity index (χ2v) is 13.0. The molecule has 2 heterocycles. The second-order valence-electron chi connectivity index (χ2n) is 9.55. The van der Waals surface area contributed by atoms with Crippen molar-refractivity contribution in [3.05, 3.63) is 68.4 Å². The van der Waals surface area contributed by atoms with Crippen molar-refractivity contribution in [1.29, 1.82) is 0 Å². The van der Waals surface area contributed by atoms with Crippen molar-refractivity contribution < 1.29 is 17.9 Å². The zero-order chi connectivity index (χ0) is 28.6. The van der Waals surface area contributed by atoms with Crippen LogP contribution in [0.25, 0.3) is 0 Å². The van der Waals surface area contributed by atoms with Crippen LogP contribution in [0.2, 0.25) is 20.1 Å². The Balaban J connectivity index is 1.71. The number of quaternary nitrogens is 1. The van der Waals surface area contributed by atoms with Crippen molar-refractivity contribution in [2.24, 2.45) is 0 Å². The highest BCUT2D eigenvalue weighted by molar-refractivity contribution is 7.86. The summed E-state index contributed by atoms with van der Waals surface area (Å²) >= 11 is 25.4. The topological polar surface area (TPSA) is 71.4 Å². The van der Waals surface area contributed by atoms with Crippen molar-refractivity contribution in [3.8, 4) is 0 Å². The van der Waals surface area contributed by atoms with E-state index in [9.17, 15) is 13.0 Å². The Bertz CT molecular complexity index is 1380. The number of allylic oxidation sites excluding steroid dienone is 2. The van der Waals surface area contributed by atoms with E-state index in [4.69, 9.17) is 46.4 Å². The zero-order valence-electron chi connectivity index (χ0n) is 22.2. The van der Waals surface area contributed by atoms with Crippen LogP contribution < -0.4 is 19.6 Å². The molecule has 212 valence electrons. The summed E-state index contributed by atoms with van der Waals surface area (Å²) in [6.07, 6.45) is 6.21. The van der Waals surface area contributed by atoms with Crippen molar-refractivity contribution >= 4 is 79.3 Å². The quantitative estimate of drug-likeness (QED) is 0.338. The van der Waals surface area contributed by atoms with Crippen LogP contribution in [0.1, 0.15) is 34.1 Å². The van der Waals surface area contributed by atoms with Crippen molar-refractivity contribution in [3.63, 3.8) is 0 Å². The van der Waals surface area contributed by atoms with Gasteiger partial charge in [-0.25, -0.2) is 8.42 Å². The van der Waals surface area contributed by atoms with E-state index in [0.29, 0.717) is 26.6 Å². The molecule has 0 bridgehead atoms. The van der Waals surface area contributed by atoms with Crippen LogP contribution in [0, 0.1) is 0 Å². The fourth-order valence-corrected chi connectivity index (χ4v) is 6.35. The van der Waals surface area contributed by atoms with Crippen molar-refractivity contribution in [2.75, 3.05) is 40.9 Å². The van der Waals surface area contributed by atoms with Gasteiger partial charge in [-0.05, 0) is 64.5 Å². The van der Waals surface area contributed by atoms with Crippen LogP contribution in [0.3, 0.4) is 0 Å². The fourth-order valence-electron chi connectivity index (χ4n) is 5.32. The number of benzene rings is 2. The van der Waals surface area contributed by atoms with Gasteiger partial charge < -0.3 is 19.3 Å². The van der Waals surface area contributed by atoms with Gasteiger partial charge in [-0.2, -0.15) is 0 Å². The van der Waals surface area contributed by atoms with Gasteiger partial charge in [-0.1, -0.05) is 52.5 Å². The first-order chi connectivity index (χ1) is 18.4. The molecule has 2 aliphatic heterocycles. The van der Waals surface area contributed by atoms with Gasteiger partial charge in [0.25, 0.3) is 0 Å². The third-order valence-corrected chi connectivity index (χ3v) is 10.0. The smallest absolute Gasteiger partial charge is 0.187 e. The lowest BCUT2D eigenvalue weighted by Gasteiger charge is -2.27. The molecule has 0 amide bonds. The number of anilines is 3. The lowest BCUT2D eigenvalue weighted by Crippen LogP contribution is -3.10. The summed E-state index contributed by atoms with van der Waals surface area (Å²) < 4.78 is 34.8. The number of hydrogen-bond acceptors (Lipinski definition) is 6. The molecule has 0 aliphatic carbocycles. The van der Waals surface area contributed by atoms with Crippen LogP contribution in [0.5, 0.6) is 0 Å². The van der Waals surface area contributed by atoms with E-state index >= 15 is 0 Å². The van der Waals surface area contributed by atoms with E-state index in [-0.39, 0.29) is 12.6 Å². The van der Waals surface area contributed by atoms with Gasteiger partial charge in [0.05, 0.1) is 48.1 Å². The minimum absolute atomic E-state index is 0.157. The van der Waals surface area contributed by atoms with Crippen LogP contribution in [-0.2, 0) is 10.1 Å². The molecule has 4 rings (SSSR count). The van der Waals surface area contributed by atoms with E-state index in [0.717, 1.165) is 53.1 Å². The van der Waals surface area contributed by atoms with Gasteiger partial charge in [0.1, 0.15) is 11.5 Å². The minimum Gasteiger partial charge on any atom is -0.748 e. The van der Waals surface area contributed by atoms with Gasteiger partial charge in [0.2, 0.25) is 0 Å². The maximum atomic E-state index is 11.6. The molecule has 1 N–H and O–H groups in total. The molecule has 0 fully saturated rings. The first-order valence-electron chi connectivity index (χ1n) is 12.9. The largest absolute Gasteiger partial charge is 0.748 e. The minimum atomic E-state index is -4.39. The monoisotopic (exact) mass is 632 g/mol. The average Bonchev–Trinajstić information content (AvgIpc) is 3.32. The predicted molar refractivity (Wildman–Crippen MR) is 162 cm³/mol. The van der Waals surface area contributed by atoms with Crippen molar-refractivity contribution in [2.45, 2.75) is 45.5 Å². The van der Waals surface area contributed by atoms with Gasteiger partial charge in [-0.3, -0.25) is 4.90 Å². The van der Waals surface area contributed by atoms with Crippen molar-refractivity contribution in [1.82, 2.24) is 0 Å². The summed E-state index contributed by atoms with van der Waals surface area (Å²) in [4.78, 5) is 7.63. The molecule has 2 aromatic rings. The van der Waals surface area contributed by atoms with Crippen LogP contribution in [0.15, 0.2) is 48.3 Å². The number of fused-ring (bicyclic) bond motifs is 2. The maximum absolute atomic E-state index is 11.6. The third kappa shape index (κ3) is 5.89. The summed E-state index contributed by atoms with van der Waals surface area (Å²) in [5.74, 6) is 1.00. The molecule has 0 radical (unpaired) electrons. The van der Waals surface area contributed by atoms with E-state index in [2.05, 4.69) is 47.6 Å². The highest BCUT2D eigenvalue weighted by atomic mass is 35.5. The Kier molecular flexibility index (Phi) is 9.38. The lowest BCUT2D eigenvalue weighted by atomic mass is 10.2. The molecule has 2 aromatic carbocycles. The maximum Gasteiger partial charge on any atom is 0.187 e. The summed E-state index contributed by atoms with van der Waals surface area (Å²) in [5, 5.41) is 0.893. The Hall–Kier alpha value is -1.65. The summed E-state index contributed by atoms with van der Waals surface area (Å²) in [6, 6.07) is 7.47. The molecular formula is C27H32Cl4N4O3S. The Morgan fingerprint density at radius 2 is 1.44 bits per heavy atom. The Morgan fingerprint density at radius 1 is 0.923 bits per heavy atom. The first kappa shape index (κ1) is 30.3. The predicted octanol–water partition coefficient (Wildman–Crippen LogP) is 6.07. The molecule has 0 saturated carbocycles. The average molecular weight is 634 g/mol. The Labute approximate surface area is 250 Å². The molecule has 7 nitrogen and oxygen atoms in total. The van der Waals surface area contributed by atoms with Gasteiger partial charge in [0, 0.05) is 31.0 Å². The van der Waals surface area contributed by atoms with E-state index in [1.54, 1.807) is 0 Å². The third-order valence-electron chi connectivity index (χ3n) is 7.36. The van der Waals surface area contributed by atoms with Crippen LogP contribution >= 0.6 is 46.4 Å². The van der Waals surface area contributed by atoms with Gasteiger partial charge in [0.15, 0.2) is 11.9 Å². The molecule has 0 aromatic heterocycles. The number of nitrogens with one attached hydrogen (secondary N) is 1. The summed E-state index contributed by atoms with van der Waals surface area (Å²) in [6.45, 7) is 10.3. The molecule has 2 aliphatic rings. The lowest BCUT2D eigenvalue weighted by molar-refractivity contribution is -0.843. The number of likely N-dealkylation sites (N-methyl/N-ethyl adjacent to an activating group) is 1. The standard InChI is InChI=1S/C27H32Cl4N4O3S/c1-5-32-22-13-18(28)19(29)14-23(22)33(6-2)26(32)9-8-10-27-34(7-3)24-15-20(30)21(31)16-25(24)35(27)12-11-17(4)39(36,37)38/h8-10,13-17,27H,5-7,11-12H2,1-4H3,(H,36,37,38)/b10-8+. The number of nitrogens with zero attached hydrogens (tertiary/aromatic N) is 3. The second kappa shape index (κ2) is 12.1. The molecule has 39 heavy (non-hydrogen) atoms. The molecule has 12 heteroatoms. The molecule has 0 spiro atoms. The zero-order valence-corrected chi connectivity index (χ0v) is 26.1. The van der Waals surface area contributed by atoms with Crippen LogP contribution in [-0.4, -0.2) is 50.6 Å². The Morgan fingerprint density at radius 3 is 1.92 bits per heavy atom. The summed E-state index contributed by atoms with van der Waals surface area (Å²) in [7, 11) is -4.39. The van der Waals surface area contributed by atoms with E-state index in [1.165, 1.54) is 6.92 Å². The fraction of sp³-hybridized carbons (Fsp3) is 0.407.